The fraction of sp³-hybridized carbons (Fsp3) is 0.467. The molecule has 0 aliphatic carbocycles. The van der Waals surface area contributed by atoms with Crippen LogP contribution in [-0.4, -0.2) is 34.0 Å². The Kier molecular flexibility index (Phi) is 5.57. The van der Waals surface area contributed by atoms with E-state index in [0.717, 1.165) is 11.4 Å². The Labute approximate surface area is 134 Å². The SMILES string of the molecule is CC(CNC(=O)NCC(C)(O)c1cccs1)Cn1cccn1. The van der Waals surface area contributed by atoms with E-state index in [9.17, 15) is 9.90 Å². The number of nitrogens with zero attached hydrogens (tertiary/aromatic N) is 2. The summed E-state index contributed by atoms with van der Waals surface area (Å²) < 4.78 is 1.84. The quantitative estimate of drug-likeness (QED) is 0.727. The Bertz CT molecular complexity index is 566. The standard InChI is InChI=1S/C15H22N4O2S/c1-12(10-19-7-4-6-18-19)9-16-14(20)17-11-15(2,21)13-5-3-8-22-13/h3-8,12,21H,9-11H2,1-2H3,(H2,16,17,20). The molecule has 3 N–H and O–H groups in total. The van der Waals surface area contributed by atoms with Gasteiger partial charge in [-0.1, -0.05) is 13.0 Å². The highest BCUT2D eigenvalue weighted by Crippen LogP contribution is 2.24. The second-order valence-corrected chi connectivity index (χ2v) is 6.60. The third-order valence-corrected chi connectivity index (χ3v) is 4.44. The highest BCUT2D eigenvalue weighted by Gasteiger charge is 2.24. The predicted octanol–water partition coefficient (Wildman–Crippen LogP) is 1.79. The van der Waals surface area contributed by atoms with Gasteiger partial charge < -0.3 is 15.7 Å². The first-order valence-electron chi connectivity index (χ1n) is 7.23. The van der Waals surface area contributed by atoms with E-state index < -0.39 is 5.60 Å². The van der Waals surface area contributed by atoms with Crippen LogP contribution in [0.25, 0.3) is 0 Å². The van der Waals surface area contributed by atoms with Crippen LogP contribution in [0.1, 0.15) is 18.7 Å². The molecule has 22 heavy (non-hydrogen) atoms. The topological polar surface area (TPSA) is 79.2 Å². The minimum Gasteiger partial charge on any atom is -0.383 e. The average Bonchev–Trinajstić information content (AvgIpc) is 3.16. The van der Waals surface area contributed by atoms with E-state index in [1.165, 1.54) is 11.3 Å². The zero-order valence-electron chi connectivity index (χ0n) is 12.8. The zero-order chi connectivity index (χ0) is 16.0. The Morgan fingerprint density at radius 3 is 2.95 bits per heavy atom. The smallest absolute Gasteiger partial charge is 0.314 e. The molecule has 0 saturated carbocycles. The van der Waals surface area contributed by atoms with Gasteiger partial charge in [-0.05, 0) is 30.4 Å². The van der Waals surface area contributed by atoms with Crippen LogP contribution >= 0.6 is 11.3 Å². The van der Waals surface area contributed by atoms with Crippen molar-refractivity contribution >= 4 is 17.4 Å². The van der Waals surface area contributed by atoms with Crippen molar-refractivity contribution in [1.29, 1.82) is 0 Å². The van der Waals surface area contributed by atoms with Gasteiger partial charge in [-0.3, -0.25) is 4.68 Å². The van der Waals surface area contributed by atoms with E-state index in [0.29, 0.717) is 6.54 Å². The van der Waals surface area contributed by atoms with Crippen molar-refractivity contribution in [1.82, 2.24) is 20.4 Å². The molecule has 2 aromatic heterocycles. The maximum Gasteiger partial charge on any atom is 0.314 e. The molecule has 0 aromatic carbocycles. The summed E-state index contributed by atoms with van der Waals surface area (Å²) in [7, 11) is 0. The van der Waals surface area contributed by atoms with Crippen LogP contribution in [0.5, 0.6) is 0 Å². The van der Waals surface area contributed by atoms with Crippen LogP contribution in [0.2, 0.25) is 0 Å². The zero-order valence-corrected chi connectivity index (χ0v) is 13.6. The summed E-state index contributed by atoms with van der Waals surface area (Å²) in [5.74, 6) is 0.267. The number of rotatable bonds is 7. The lowest BCUT2D eigenvalue weighted by molar-refractivity contribution is 0.0631. The van der Waals surface area contributed by atoms with Crippen LogP contribution in [-0.2, 0) is 12.1 Å². The Balaban J connectivity index is 1.69. The maximum atomic E-state index is 11.8. The second-order valence-electron chi connectivity index (χ2n) is 5.65. The number of urea groups is 1. The van der Waals surface area contributed by atoms with Crippen LogP contribution in [0.15, 0.2) is 36.0 Å². The number of amides is 2. The predicted molar refractivity (Wildman–Crippen MR) is 86.7 cm³/mol. The van der Waals surface area contributed by atoms with Gasteiger partial charge in [0.05, 0.1) is 6.54 Å². The number of hydrogen-bond acceptors (Lipinski definition) is 4. The van der Waals surface area contributed by atoms with Crippen LogP contribution in [0.3, 0.4) is 0 Å². The van der Waals surface area contributed by atoms with Crippen molar-refractivity contribution in [3.63, 3.8) is 0 Å². The second kappa shape index (κ2) is 7.42. The van der Waals surface area contributed by atoms with Gasteiger partial charge in [0, 0.05) is 30.4 Å². The lowest BCUT2D eigenvalue weighted by Gasteiger charge is -2.22. The Morgan fingerprint density at radius 1 is 1.50 bits per heavy atom. The third-order valence-electron chi connectivity index (χ3n) is 3.31. The molecule has 2 aromatic rings. The van der Waals surface area contributed by atoms with E-state index >= 15 is 0 Å². The molecule has 0 aliphatic rings. The Hall–Kier alpha value is -1.86. The molecule has 0 bridgehead atoms. The first kappa shape index (κ1) is 16.5. The summed E-state index contributed by atoms with van der Waals surface area (Å²) in [6.45, 7) is 5.21. The molecular weight excluding hydrogens is 300 g/mol. The largest absolute Gasteiger partial charge is 0.383 e. The molecule has 6 nitrogen and oxygen atoms in total. The van der Waals surface area contributed by atoms with E-state index in [4.69, 9.17) is 0 Å². The molecule has 0 saturated heterocycles. The molecule has 0 fully saturated rings. The van der Waals surface area contributed by atoms with Gasteiger partial charge in [-0.25, -0.2) is 4.79 Å². The van der Waals surface area contributed by atoms with Crippen molar-refractivity contribution < 1.29 is 9.90 Å². The number of carbonyl (C=O) groups excluding carboxylic acids is 1. The summed E-state index contributed by atoms with van der Waals surface area (Å²) in [5, 5.41) is 21.9. The number of thiophene rings is 1. The molecule has 2 heterocycles. The number of aliphatic hydroxyl groups is 1. The van der Waals surface area contributed by atoms with E-state index in [1.807, 2.05) is 41.4 Å². The maximum absolute atomic E-state index is 11.8. The van der Waals surface area contributed by atoms with Crippen molar-refractivity contribution in [3.05, 3.63) is 40.8 Å². The molecule has 0 aliphatic heterocycles. The van der Waals surface area contributed by atoms with Gasteiger partial charge in [0.25, 0.3) is 0 Å². The van der Waals surface area contributed by atoms with Crippen LogP contribution in [0.4, 0.5) is 4.79 Å². The van der Waals surface area contributed by atoms with Gasteiger partial charge in [0.1, 0.15) is 5.60 Å². The van der Waals surface area contributed by atoms with Crippen molar-refractivity contribution in [3.8, 4) is 0 Å². The van der Waals surface area contributed by atoms with Gasteiger partial charge >= 0.3 is 6.03 Å². The summed E-state index contributed by atoms with van der Waals surface area (Å²) in [6.07, 6.45) is 3.63. The number of nitrogens with one attached hydrogen (secondary N) is 2. The summed E-state index contributed by atoms with van der Waals surface area (Å²) in [4.78, 5) is 12.6. The van der Waals surface area contributed by atoms with Crippen molar-refractivity contribution in [2.75, 3.05) is 13.1 Å². The molecule has 120 valence electrons. The molecular formula is C15H22N4O2S. The number of carbonyl (C=O) groups is 1. The van der Waals surface area contributed by atoms with E-state index in [-0.39, 0.29) is 18.5 Å². The summed E-state index contributed by atoms with van der Waals surface area (Å²) >= 11 is 1.47. The lowest BCUT2D eigenvalue weighted by Crippen LogP contribution is -2.44. The highest BCUT2D eigenvalue weighted by atomic mass is 32.1. The summed E-state index contributed by atoms with van der Waals surface area (Å²) in [5.41, 5.74) is -1.05. The monoisotopic (exact) mass is 322 g/mol. The highest BCUT2D eigenvalue weighted by molar-refractivity contribution is 7.10. The lowest BCUT2D eigenvalue weighted by atomic mass is 10.1. The molecule has 2 amide bonds. The molecule has 2 rings (SSSR count). The first-order valence-corrected chi connectivity index (χ1v) is 8.11. The van der Waals surface area contributed by atoms with Gasteiger partial charge in [0.2, 0.25) is 0 Å². The molecule has 2 atom stereocenters. The molecule has 7 heteroatoms. The average molecular weight is 322 g/mol. The fourth-order valence-corrected chi connectivity index (χ4v) is 2.83. The summed E-state index contributed by atoms with van der Waals surface area (Å²) in [6, 6.07) is 5.34. The minimum atomic E-state index is -1.05. The van der Waals surface area contributed by atoms with Crippen LogP contribution < -0.4 is 10.6 Å². The fourth-order valence-electron chi connectivity index (χ4n) is 2.05. The third kappa shape index (κ3) is 4.85. The molecule has 0 radical (unpaired) electrons. The van der Waals surface area contributed by atoms with Gasteiger partial charge in [-0.15, -0.1) is 11.3 Å². The van der Waals surface area contributed by atoms with E-state index in [2.05, 4.69) is 15.7 Å². The molecule has 2 unspecified atom stereocenters. The molecule has 0 spiro atoms. The number of hydrogen-bond donors (Lipinski definition) is 3. The number of aromatic nitrogens is 2. The van der Waals surface area contributed by atoms with Crippen LogP contribution in [0, 0.1) is 5.92 Å². The normalized spacial score (nSPS) is 15.0. The van der Waals surface area contributed by atoms with Crippen molar-refractivity contribution in [2.45, 2.75) is 26.0 Å². The van der Waals surface area contributed by atoms with Gasteiger partial charge in [-0.2, -0.15) is 5.10 Å². The Morgan fingerprint density at radius 2 is 2.32 bits per heavy atom. The first-order chi connectivity index (χ1) is 10.5. The van der Waals surface area contributed by atoms with Crippen molar-refractivity contribution in [2.24, 2.45) is 5.92 Å². The van der Waals surface area contributed by atoms with Gasteiger partial charge in [0.15, 0.2) is 0 Å². The minimum absolute atomic E-state index is 0.173. The van der Waals surface area contributed by atoms with E-state index in [1.54, 1.807) is 13.1 Å².